The molecule has 1 aromatic rings. The lowest BCUT2D eigenvalue weighted by Crippen LogP contribution is -2.66. The first kappa shape index (κ1) is 28.2. The van der Waals surface area contributed by atoms with Gasteiger partial charge >= 0.3 is 23.9 Å². The summed E-state index contributed by atoms with van der Waals surface area (Å²) in [5.74, 6) is -3.89. The molecule has 0 N–H and O–H groups in total. The summed E-state index contributed by atoms with van der Waals surface area (Å²) in [4.78, 5) is 62.7. The van der Waals surface area contributed by atoms with Crippen molar-refractivity contribution in [1.29, 1.82) is 0 Å². The van der Waals surface area contributed by atoms with E-state index in [2.05, 4.69) is 15.9 Å². The molecule has 0 unspecified atom stereocenters. The number of amides is 1. The van der Waals surface area contributed by atoms with Gasteiger partial charge in [0.1, 0.15) is 0 Å². The Kier molecular flexibility index (Phi) is 9.78. The Balaban J connectivity index is 2.61. The molecule has 192 valence electrons. The predicted molar refractivity (Wildman–Crippen MR) is 124 cm³/mol. The lowest BCUT2D eigenvalue weighted by molar-refractivity contribution is -0.290. The SMILES string of the molecule is CC(=O)O[C@@H]1O[C@H](C(=O)N(c2ccc(Br)cc2)C(C)C)[C@@H](OC(C)=O)[C@H](OC(C)=O)[C@H]1OC(C)=O. The molecule has 1 fully saturated rings. The van der Waals surface area contributed by atoms with E-state index in [-0.39, 0.29) is 6.04 Å². The zero-order valence-electron chi connectivity index (χ0n) is 20.2. The molecule has 1 saturated heterocycles. The number of esters is 4. The van der Waals surface area contributed by atoms with E-state index in [1.165, 1.54) is 4.90 Å². The quantitative estimate of drug-likeness (QED) is 0.362. The van der Waals surface area contributed by atoms with Crippen LogP contribution < -0.4 is 4.90 Å². The summed E-state index contributed by atoms with van der Waals surface area (Å²) in [5.41, 5.74) is 0.508. The van der Waals surface area contributed by atoms with Crippen LogP contribution in [0.15, 0.2) is 28.7 Å². The lowest BCUT2D eigenvalue weighted by Gasteiger charge is -2.44. The van der Waals surface area contributed by atoms with Gasteiger partial charge in [0.05, 0.1) is 0 Å². The number of ether oxygens (including phenoxy) is 5. The first-order chi connectivity index (χ1) is 16.3. The van der Waals surface area contributed by atoms with Gasteiger partial charge in [-0.05, 0) is 38.1 Å². The Bertz CT molecular complexity index is 964. The van der Waals surface area contributed by atoms with Gasteiger partial charge in [-0.1, -0.05) is 15.9 Å². The van der Waals surface area contributed by atoms with Gasteiger partial charge in [-0.15, -0.1) is 0 Å². The van der Waals surface area contributed by atoms with Crippen LogP contribution in [-0.4, -0.2) is 66.5 Å². The minimum Gasteiger partial charge on any atom is -0.455 e. The lowest BCUT2D eigenvalue weighted by atomic mass is 9.96. The van der Waals surface area contributed by atoms with Crippen LogP contribution in [-0.2, 0) is 47.7 Å². The molecular formula is C23H28BrNO10. The van der Waals surface area contributed by atoms with Crippen molar-refractivity contribution in [2.45, 2.75) is 78.3 Å². The van der Waals surface area contributed by atoms with Crippen molar-refractivity contribution >= 4 is 51.4 Å². The summed E-state index contributed by atoms with van der Waals surface area (Å²) in [6, 6.07) is 6.49. The minimum absolute atomic E-state index is 0.379. The Hall–Kier alpha value is -2.99. The topological polar surface area (TPSA) is 135 Å². The summed E-state index contributed by atoms with van der Waals surface area (Å²) in [6.45, 7) is 7.89. The van der Waals surface area contributed by atoms with E-state index in [1.807, 2.05) is 0 Å². The average Bonchev–Trinajstić information content (AvgIpc) is 2.72. The van der Waals surface area contributed by atoms with Crippen molar-refractivity contribution in [1.82, 2.24) is 0 Å². The fourth-order valence-electron chi connectivity index (χ4n) is 3.65. The number of carbonyl (C=O) groups is 5. The van der Waals surface area contributed by atoms with Crippen molar-refractivity contribution in [3.8, 4) is 0 Å². The van der Waals surface area contributed by atoms with Crippen LogP contribution in [0.1, 0.15) is 41.5 Å². The molecule has 0 aromatic heterocycles. The van der Waals surface area contributed by atoms with E-state index in [1.54, 1.807) is 38.1 Å². The Morgan fingerprint density at radius 1 is 0.771 bits per heavy atom. The molecule has 1 amide bonds. The Labute approximate surface area is 211 Å². The molecule has 1 aliphatic heterocycles. The molecule has 1 heterocycles. The highest BCUT2D eigenvalue weighted by atomic mass is 79.9. The van der Waals surface area contributed by atoms with E-state index in [0.29, 0.717) is 5.69 Å². The monoisotopic (exact) mass is 557 g/mol. The van der Waals surface area contributed by atoms with Gasteiger partial charge < -0.3 is 28.6 Å². The van der Waals surface area contributed by atoms with Crippen LogP contribution in [0.5, 0.6) is 0 Å². The number of nitrogens with zero attached hydrogens (tertiary/aromatic N) is 1. The van der Waals surface area contributed by atoms with Crippen molar-refractivity contribution in [3.63, 3.8) is 0 Å². The van der Waals surface area contributed by atoms with E-state index >= 15 is 0 Å². The van der Waals surface area contributed by atoms with E-state index in [4.69, 9.17) is 23.7 Å². The number of anilines is 1. The number of hydrogen-bond donors (Lipinski definition) is 0. The molecule has 1 aliphatic rings. The number of halogens is 1. The molecule has 0 spiro atoms. The third-order valence-corrected chi connectivity index (χ3v) is 5.31. The summed E-state index contributed by atoms with van der Waals surface area (Å²) in [5, 5.41) is 0. The van der Waals surface area contributed by atoms with Crippen molar-refractivity contribution in [3.05, 3.63) is 28.7 Å². The molecule has 2 rings (SSSR count). The first-order valence-corrected chi connectivity index (χ1v) is 11.5. The van der Waals surface area contributed by atoms with Crippen LogP contribution in [0.25, 0.3) is 0 Å². The summed E-state index contributed by atoms with van der Waals surface area (Å²) in [6.07, 6.45) is -7.73. The predicted octanol–water partition coefficient (Wildman–Crippen LogP) is 2.27. The van der Waals surface area contributed by atoms with Gasteiger partial charge in [-0.3, -0.25) is 24.0 Å². The maximum absolute atomic E-state index is 13.8. The van der Waals surface area contributed by atoms with Gasteiger partial charge in [0, 0.05) is 43.9 Å². The maximum atomic E-state index is 13.8. The first-order valence-electron chi connectivity index (χ1n) is 10.7. The van der Waals surface area contributed by atoms with Crippen molar-refractivity contribution in [2.75, 3.05) is 4.90 Å². The summed E-state index contributed by atoms with van der Waals surface area (Å²) < 4.78 is 27.7. The van der Waals surface area contributed by atoms with E-state index in [0.717, 1.165) is 32.2 Å². The summed E-state index contributed by atoms with van der Waals surface area (Å²) in [7, 11) is 0. The van der Waals surface area contributed by atoms with E-state index in [9.17, 15) is 24.0 Å². The van der Waals surface area contributed by atoms with Crippen LogP contribution in [0.4, 0.5) is 5.69 Å². The van der Waals surface area contributed by atoms with Gasteiger partial charge in [0.2, 0.25) is 12.4 Å². The molecule has 12 heteroatoms. The molecule has 11 nitrogen and oxygen atoms in total. The number of carbonyl (C=O) groups excluding carboxylic acids is 5. The van der Waals surface area contributed by atoms with Gasteiger partial charge in [0.25, 0.3) is 5.91 Å². The highest BCUT2D eigenvalue weighted by Crippen LogP contribution is 2.32. The van der Waals surface area contributed by atoms with Crippen LogP contribution in [0.2, 0.25) is 0 Å². The van der Waals surface area contributed by atoms with Crippen molar-refractivity contribution < 1.29 is 47.7 Å². The molecule has 5 atom stereocenters. The molecule has 0 aliphatic carbocycles. The molecule has 0 bridgehead atoms. The van der Waals surface area contributed by atoms with Crippen LogP contribution >= 0.6 is 15.9 Å². The highest BCUT2D eigenvalue weighted by Gasteiger charge is 2.56. The van der Waals surface area contributed by atoms with Gasteiger partial charge in [0.15, 0.2) is 18.3 Å². The largest absolute Gasteiger partial charge is 0.455 e. The van der Waals surface area contributed by atoms with Crippen LogP contribution in [0.3, 0.4) is 0 Å². The Morgan fingerprint density at radius 2 is 1.23 bits per heavy atom. The zero-order valence-corrected chi connectivity index (χ0v) is 21.8. The van der Waals surface area contributed by atoms with Crippen LogP contribution in [0, 0.1) is 0 Å². The number of hydrogen-bond acceptors (Lipinski definition) is 10. The molecule has 0 saturated carbocycles. The average molecular weight is 558 g/mol. The van der Waals surface area contributed by atoms with Crippen molar-refractivity contribution in [2.24, 2.45) is 0 Å². The maximum Gasteiger partial charge on any atom is 0.305 e. The fraction of sp³-hybridized carbons (Fsp3) is 0.522. The third-order valence-electron chi connectivity index (χ3n) is 4.79. The molecular weight excluding hydrogens is 530 g/mol. The fourth-order valence-corrected chi connectivity index (χ4v) is 3.91. The second-order valence-electron chi connectivity index (χ2n) is 8.04. The number of benzene rings is 1. The molecule has 35 heavy (non-hydrogen) atoms. The second-order valence-corrected chi connectivity index (χ2v) is 8.95. The third kappa shape index (κ3) is 7.49. The highest BCUT2D eigenvalue weighted by molar-refractivity contribution is 9.10. The smallest absolute Gasteiger partial charge is 0.305 e. The second kappa shape index (κ2) is 12.1. The molecule has 0 radical (unpaired) electrons. The van der Waals surface area contributed by atoms with E-state index < -0.39 is 60.5 Å². The normalized spacial score (nSPS) is 23.7. The molecule has 1 aromatic carbocycles. The standard InChI is InChI=1S/C23H28BrNO10/c1-11(2)25(17-9-7-16(24)8-10-17)22(30)20-18(31-12(3)26)19(32-13(4)27)21(33-14(5)28)23(35-20)34-15(6)29/h7-11,18-21,23H,1-6H3/t18-,19-,20-,21+,23+/m0/s1. The van der Waals surface area contributed by atoms with Gasteiger partial charge in [-0.2, -0.15) is 0 Å². The summed E-state index contributed by atoms with van der Waals surface area (Å²) >= 11 is 3.35. The number of rotatable bonds is 7. The Morgan fingerprint density at radius 3 is 1.69 bits per heavy atom. The van der Waals surface area contributed by atoms with Gasteiger partial charge in [-0.25, -0.2) is 0 Å². The zero-order chi connectivity index (χ0) is 26.4. The minimum atomic E-state index is -1.62.